The third-order valence-electron chi connectivity index (χ3n) is 4.29. The highest BCUT2D eigenvalue weighted by molar-refractivity contribution is 5.91. The van der Waals surface area contributed by atoms with E-state index in [1.54, 1.807) is 19.1 Å². The van der Waals surface area contributed by atoms with Crippen molar-refractivity contribution in [3.63, 3.8) is 0 Å². The Labute approximate surface area is 167 Å². The molecule has 0 bridgehead atoms. The molecule has 0 fully saturated rings. The van der Waals surface area contributed by atoms with Gasteiger partial charge in [0, 0.05) is 12.1 Å². The van der Waals surface area contributed by atoms with Crippen molar-refractivity contribution < 1.29 is 23.1 Å². The average Bonchev–Trinajstić information content (AvgIpc) is 3.12. The summed E-state index contributed by atoms with van der Waals surface area (Å²) in [5, 5.41) is 2.69. The number of halogens is 1. The van der Waals surface area contributed by atoms with Crippen molar-refractivity contribution in [1.82, 2.24) is 10.3 Å². The Bertz CT molecular complexity index is 984. The van der Waals surface area contributed by atoms with E-state index >= 15 is 0 Å². The average molecular weight is 396 g/mol. The number of esters is 1. The van der Waals surface area contributed by atoms with Gasteiger partial charge in [-0.3, -0.25) is 4.79 Å². The number of hydrogen-bond acceptors (Lipinski definition) is 5. The molecule has 0 saturated carbocycles. The Balaban J connectivity index is 1.53. The highest BCUT2D eigenvalue weighted by Crippen LogP contribution is 2.22. The molecule has 0 aliphatic rings. The van der Waals surface area contributed by atoms with Crippen molar-refractivity contribution in [2.45, 2.75) is 26.4 Å². The lowest BCUT2D eigenvalue weighted by Crippen LogP contribution is -2.37. The van der Waals surface area contributed by atoms with E-state index in [9.17, 15) is 14.0 Å². The second kappa shape index (κ2) is 9.14. The molecule has 7 heteroatoms. The van der Waals surface area contributed by atoms with Crippen LogP contribution in [0.2, 0.25) is 0 Å². The van der Waals surface area contributed by atoms with Crippen LogP contribution in [0.4, 0.5) is 4.39 Å². The smallest absolute Gasteiger partial charge is 0.361 e. The van der Waals surface area contributed by atoms with Gasteiger partial charge in [0.25, 0.3) is 5.91 Å². The van der Waals surface area contributed by atoms with Crippen LogP contribution in [0.3, 0.4) is 0 Å². The van der Waals surface area contributed by atoms with Gasteiger partial charge in [-0.1, -0.05) is 30.3 Å². The molecule has 0 aliphatic carbocycles. The minimum Gasteiger partial charge on any atom is -0.448 e. The summed E-state index contributed by atoms with van der Waals surface area (Å²) in [6.45, 7) is 3.44. The Morgan fingerprint density at radius 2 is 1.83 bits per heavy atom. The summed E-state index contributed by atoms with van der Waals surface area (Å²) in [5.41, 5.74) is 1.67. The first-order valence-corrected chi connectivity index (χ1v) is 9.20. The zero-order valence-electron chi connectivity index (χ0n) is 16.1. The number of carbonyl (C=O) groups excluding carboxylic acids is 2. The van der Waals surface area contributed by atoms with Gasteiger partial charge in [-0.2, -0.15) is 0 Å². The van der Waals surface area contributed by atoms with Crippen LogP contribution in [0.15, 0.2) is 59.0 Å². The largest absolute Gasteiger partial charge is 0.448 e. The molecule has 0 radical (unpaired) electrons. The van der Waals surface area contributed by atoms with Crippen LogP contribution in [0.25, 0.3) is 11.5 Å². The Kier molecular flexibility index (Phi) is 6.39. The third-order valence-corrected chi connectivity index (χ3v) is 4.29. The fraction of sp³-hybridized carbons (Fsp3) is 0.227. The number of amides is 1. The molecular formula is C22H21FN2O4. The van der Waals surface area contributed by atoms with Crippen molar-refractivity contribution in [3.05, 3.63) is 77.4 Å². The quantitative estimate of drug-likeness (QED) is 0.616. The second-order valence-electron chi connectivity index (χ2n) is 6.50. The topological polar surface area (TPSA) is 81.4 Å². The van der Waals surface area contributed by atoms with Crippen LogP contribution in [0.5, 0.6) is 0 Å². The fourth-order valence-electron chi connectivity index (χ4n) is 2.68. The van der Waals surface area contributed by atoms with E-state index in [1.165, 1.54) is 19.1 Å². The van der Waals surface area contributed by atoms with E-state index in [2.05, 4.69) is 10.3 Å². The van der Waals surface area contributed by atoms with Gasteiger partial charge in [0.15, 0.2) is 11.8 Å². The summed E-state index contributed by atoms with van der Waals surface area (Å²) in [6.07, 6.45) is -0.456. The molecule has 0 spiro atoms. The molecule has 3 aromatic rings. The SMILES string of the molecule is Cc1oc(-c2ccccc2)nc1C(=O)O[C@@H](C)C(=O)NCCc1ccc(F)cc1. The van der Waals surface area contributed by atoms with Crippen LogP contribution in [0, 0.1) is 12.7 Å². The van der Waals surface area contributed by atoms with E-state index in [1.807, 2.05) is 30.3 Å². The Morgan fingerprint density at radius 3 is 2.52 bits per heavy atom. The number of oxazole rings is 1. The van der Waals surface area contributed by atoms with Gasteiger partial charge in [0.05, 0.1) is 0 Å². The van der Waals surface area contributed by atoms with E-state index in [0.717, 1.165) is 11.1 Å². The van der Waals surface area contributed by atoms with Gasteiger partial charge < -0.3 is 14.5 Å². The van der Waals surface area contributed by atoms with Gasteiger partial charge in [-0.25, -0.2) is 14.2 Å². The van der Waals surface area contributed by atoms with Crippen molar-refractivity contribution in [3.8, 4) is 11.5 Å². The van der Waals surface area contributed by atoms with Crippen molar-refractivity contribution in [2.75, 3.05) is 6.54 Å². The number of carbonyl (C=O) groups is 2. The lowest BCUT2D eigenvalue weighted by atomic mass is 10.1. The summed E-state index contributed by atoms with van der Waals surface area (Å²) in [5.74, 6) is -0.833. The van der Waals surface area contributed by atoms with Crippen LogP contribution in [-0.4, -0.2) is 29.5 Å². The molecule has 2 aromatic carbocycles. The van der Waals surface area contributed by atoms with E-state index in [-0.39, 0.29) is 11.5 Å². The van der Waals surface area contributed by atoms with Gasteiger partial charge in [-0.15, -0.1) is 0 Å². The monoisotopic (exact) mass is 396 g/mol. The number of benzene rings is 2. The molecule has 3 rings (SSSR count). The van der Waals surface area contributed by atoms with Crippen LogP contribution in [-0.2, 0) is 16.0 Å². The molecule has 1 aromatic heterocycles. The number of aromatic nitrogens is 1. The normalized spacial score (nSPS) is 11.7. The lowest BCUT2D eigenvalue weighted by molar-refractivity contribution is -0.129. The maximum absolute atomic E-state index is 12.9. The van der Waals surface area contributed by atoms with Crippen LogP contribution < -0.4 is 5.32 Å². The molecule has 1 heterocycles. The van der Waals surface area contributed by atoms with Crippen molar-refractivity contribution in [2.24, 2.45) is 0 Å². The number of rotatable bonds is 7. The molecule has 0 unspecified atom stereocenters. The predicted octanol–water partition coefficient (Wildman–Crippen LogP) is 3.69. The maximum atomic E-state index is 12.9. The van der Waals surface area contributed by atoms with E-state index in [0.29, 0.717) is 24.6 Å². The second-order valence-corrected chi connectivity index (χ2v) is 6.50. The maximum Gasteiger partial charge on any atom is 0.361 e. The van der Waals surface area contributed by atoms with Crippen molar-refractivity contribution in [1.29, 1.82) is 0 Å². The summed E-state index contributed by atoms with van der Waals surface area (Å²) in [6, 6.07) is 15.2. The lowest BCUT2D eigenvalue weighted by Gasteiger charge is -2.13. The molecule has 1 amide bonds. The molecule has 0 saturated heterocycles. The summed E-state index contributed by atoms with van der Waals surface area (Å²) in [4.78, 5) is 28.8. The predicted molar refractivity (Wildman–Crippen MR) is 105 cm³/mol. The molecule has 6 nitrogen and oxygen atoms in total. The number of hydrogen-bond donors (Lipinski definition) is 1. The standard InChI is InChI=1S/C22H21FN2O4/c1-14-19(25-21(28-14)17-6-4-3-5-7-17)22(27)29-15(2)20(26)24-13-12-16-8-10-18(23)11-9-16/h3-11,15H,12-13H2,1-2H3,(H,24,26)/t15-/m0/s1. The number of aryl methyl sites for hydroxylation is 1. The van der Waals surface area contributed by atoms with Crippen molar-refractivity contribution >= 4 is 11.9 Å². The summed E-state index contributed by atoms with van der Waals surface area (Å²) >= 11 is 0. The van der Waals surface area contributed by atoms with E-state index in [4.69, 9.17) is 9.15 Å². The van der Waals surface area contributed by atoms with Crippen LogP contribution >= 0.6 is 0 Å². The minimum atomic E-state index is -0.994. The summed E-state index contributed by atoms with van der Waals surface area (Å²) in [7, 11) is 0. The van der Waals surface area contributed by atoms with Gasteiger partial charge in [0.2, 0.25) is 5.89 Å². The minimum absolute atomic E-state index is 0.0369. The molecular weight excluding hydrogens is 375 g/mol. The molecule has 29 heavy (non-hydrogen) atoms. The van der Waals surface area contributed by atoms with Gasteiger partial charge in [-0.05, 0) is 50.1 Å². The first kappa shape index (κ1) is 20.3. The molecule has 1 atom stereocenters. The highest BCUT2D eigenvalue weighted by atomic mass is 19.1. The zero-order valence-corrected chi connectivity index (χ0v) is 16.1. The highest BCUT2D eigenvalue weighted by Gasteiger charge is 2.24. The zero-order chi connectivity index (χ0) is 20.8. The Hall–Kier alpha value is -3.48. The third kappa shape index (κ3) is 5.28. The van der Waals surface area contributed by atoms with Gasteiger partial charge >= 0.3 is 5.97 Å². The number of nitrogens with zero attached hydrogens (tertiary/aromatic N) is 1. The van der Waals surface area contributed by atoms with Crippen LogP contribution in [0.1, 0.15) is 28.7 Å². The first-order valence-electron chi connectivity index (χ1n) is 9.20. The Morgan fingerprint density at radius 1 is 1.14 bits per heavy atom. The number of ether oxygens (including phenoxy) is 1. The first-order chi connectivity index (χ1) is 13.9. The molecule has 150 valence electrons. The number of nitrogens with one attached hydrogen (secondary N) is 1. The van der Waals surface area contributed by atoms with Gasteiger partial charge in [0.1, 0.15) is 11.6 Å². The van der Waals surface area contributed by atoms with E-state index < -0.39 is 18.0 Å². The molecule has 0 aliphatic heterocycles. The fourth-order valence-corrected chi connectivity index (χ4v) is 2.68. The summed E-state index contributed by atoms with van der Waals surface area (Å²) < 4.78 is 23.7. The molecule has 1 N–H and O–H groups in total.